The van der Waals surface area contributed by atoms with E-state index in [1.165, 1.54) is 14.5 Å². The molecule has 0 unspecified atom stereocenters. The average Bonchev–Trinajstić information content (AvgIpc) is 1.51. The highest BCUT2D eigenvalue weighted by Gasteiger charge is 2.33. The average molecular weight is 1150 g/mol. The molecule has 0 atom stereocenters. The fraction of sp³-hybridized carbons (Fsp3) is 0.0476. The van der Waals surface area contributed by atoms with Crippen molar-refractivity contribution in [1.82, 2.24) is 9.13 Å². The van der Waals surface area contributed by atoms with E-state index in [-0.39, 0.29) is 22.2 Å². The smallest absolute Gasteiger partial charge is 0.266 e. The van der Waals surface area contributed by atoms with Crippen LogP contribution in [0.25, 0.3) is 185 Å². The number of benzene rings is 16. The largest absolute Gasteiger partial charge is 0.268 e. The summed E-state index contributed by atoms with van der Waals surface area (Å²) in [4.78, 5) is 62.9. The third kappa shape index (κ3) is 6.21. The van der Waals surface area contributed by atoms with Gasteiger partial charge in [-0.3, -0.25) is 19.2 Å². The number of fused-ring (bicyclic) bond motifs is 6. The molecule has 0 radical (unpaired) electrons. The van der Waals surface area contributed by atoms with Gasteiger partial charge in [-0.15, -0.1) is 0 Å². The van der Waals surface area contributed by atoms with Gasteiger partial charge in [0, 0.05) is 0 Å². The van der Waals surface area contributed by atoms with Crippen LogP contribution in [0.2, 0.25) is 0 Å². The van der Waals surface area contributed by atoms with E-state index in [4.69, 9.17) is 0 Å². The summed E-state index contributed by atoms with van der Waals surface area (Å²) in [5, 5.41) is 22.1. The lowest BCUT2D eigenvalue weighted by atomic mass is 9.88. The van der Waals surface area contributed by atoms with Crippen molar-refractivity contribution in [2.24, 2.45) is 0 Å². The maximum atomic E-state index is 16.0. The summed E-state index contributed by atoms with van der Waals surface area (Å²) in [7, 11) is 0. The lowest BCUT2D eigenvalue weighted by molar-refractivity contribution is 0.982. The van der Waals surface area contributed by atoms with E-state index < -0.39 is 0 Å². The third-order valence-corrected chi connectivity index (χ3v) is 20.6. The van der Waals surface area contributed by atoms with Crippen LogP contribution in [0.5, 0.6) is 0 Å². The zero-order valence-corrected chi connectivity index (χ0v) is 49.1. The number of hydrogen-bond donors (Lipinski definition) is 0. The normalized spacial score (nSPS) is 12.6. The van der Waals surface area contributed by atoms with Crippen LogP contribution in [0.3, 0.4) is 0 Å². The molecular formula is C84H48N2O4. The maximum Gasteiger partial charge on any atom is 0.266 e. The fourth-order valence-electron chi connectivity index (χ4n) is 16.7. The molecule has 20 aromatic rings. The molecule has 0 fully saturated rings. The summed E-state index contributed by atoms with van der Waals surface area (Å²) >= 11 is 0. The molecule has 0 aliphatic carbocycles. The van der Waals surface area contributed by atoms with Gasteiger partial charge in [0.25, 0.3) is 22.2 Å². The molecule has 2 aromatic heterocycles. The Kier molecular flexibility index (Phi) is 9.54. The van der Waals surface area contributed by atoms with Crippen molar-refractivity contribution in [2.75, 3.05) is 0 Å². The summed E-state index contributed by atoms with van der Waals surface area (Å²) in [6.45, 7) is 6.09. The number of nitrogens with zero attached hydrogens (tertiary/aromatic N) is 2. The van der Waals surface area contributed by atoms with Crippen LogP contribution in [0.4, 0.5) is 0 Å². The minimum atomic E-state index is -0.335. The van der Waals surface area contributed by atoms with Crippen molar-refractivity contribution in [1.29, 1.82) is 0 Å². The van der Waals surface area contributed by atoms with Crippen LogP contribution in [0.15, 0.2) is 244 Å². The molecule has 90 heavy (non-hydrogen) atoms. The second kappa shape index (κ2) is 17.3. The van der Waals surface area contributed by atoms with Crippen LogP contribution in [0.1, 0.15) is 27.8 Å². The zero-order chi connectivity index (χ0) is 59.9. The van der Waals surface area contributed by atoms with Crippen molar-refractivity contribution in [3.8, 4) is 55.9 Å². The molecule has 0 N–H and O–H groups in total. The van der Waals surface area contributed by atoms with Crippen molar-refractivity contribution in [3.05, 3.63) is 294 Å². The van der Waals surface area contributed by atoms with Gasteiger partial charge >= 0.3 is 0 Å². The molecule has 0 aliphatic heterocycles. The van der Waals surface area contributed by atoms with Crippen LogP contribution in [-0.2, 0) is 6.42 Å². The molecule has 0 amide bonds. The second-order valence-corrected chi connectivity index (χ2v) is 25.3. The van der Waals surface area contributed by atoms with Crippen molar-refractivity contribution in [3.63, 3.8) is 0 Å². The van der Waals surface area contributed by atoms with E-state index in [2.05, 4.69) is 146 Å². The number of rotatable bonds is 8. The summed E-state index contributed by atoms with van der Waals surface area (Å²) in [5.74, 6) is 0. The summed E-state index contributed by atoms with van der Waals surface area (Å²) in [6.07, 6.45) is 0.474. The van der Waals surface area contributed by atoms with Gasteiger partial charge in [-0.2, -0.15) is 0 Å². The summed E-state index contributed by atoms with van der Waals surface area (Å²) < 4.78 is 2.83. The van der Waals surface area contributed by atoms with E-state index in [1.807, 2.05) is 99.6 Å². The van der Waals surface area contributed by atoms with Crippen LogP contribution in [-0.4, -0.2) is 9.13 Å². The second-order valence-electron chi connectivity index (χ2n) is 25.3. The molecule has 0 spiro atoms. The molecule has 2 heterocycles. The highest BCUT2D eigenvalue weighted by Crippen LogP contribution is 2.57. The summed E-state index contributed by atoms with van der Waals surface area (Å²) in [5.41, 5.74) is 12.9. The van der Waals surface area contributed by atoms with E-state index in [0.29, 0.717) is 39.3 Å². The lowest BCUT2D eigenvalue weighted by Crippen LogP contribution is -2.23. The molecule has 6 heteroatoms. The number of hydrogen-bond acceptors (Lipinski definition) is 4. The van der Waals surface area contributed by atoms with Crippen LogP contribution >= 0.6 is 0 Å². The van der Waals surface area contributed by atoms with Gasteiger partial charge in [0.1, 0.15) is 0 Å². The minimum absolute atomic E-state index is 0.326. The van der Waals surface area contributed by atoms with Crippen molar-refractivity contribution >= 4 is 129 Å². The molecule has 0 bridgehead atoms. The van der Waals surface area contributed by atoms with Gasteiger partial charge in [-0.1, -0.05) is 170 Å². The van der Waals surface area contributed by atoms with Crippen molar-refractivity contribution < 1.29 is 0 Å². The van der Waals surface area contributed by atoms with Crippen LogP contribution < -0.4 is 22.2 Å². The maximum absolute atomic E-state index is 16.0. The Labute approximate surface area is 512 Å². The van der Waals surface area contributed by atoms with Gasteiger partial charge < -0.3 is 0 Å². The Hall–Kier alpha value is -11.6. The van der Waals surface area contributed by atoms with E-state index in [0.717, 1.165) is 175 Å². The standard InChI is InChI=1S/C84H48N2O4/c1-42-32-45(36-53(33-42)86-83(89)79-63-38-58(46-16-8-4-9-17-46)55-28-25-50-26-29-56-59(47-18-10-5-11-19-47)39-64(80(79)84(86)90)74-70(56)67(50)69(55)73(63)74)35-51-37-62-61(49-22-14-7-15-23-49)41-66-76-72(62)68-54(51)30-31-57-60(48-20-12-6-13-21-48)40-65(75(76)71(57)68)77-78(66)82(88)85(81(77)87)52-27-24-43(2)44(3)34-52/h4-34,36-41H,35H2,1-3H3. The quantitative estimate of drug-likeness (QED) is 0.142. The van der Waals surface area contributed by atoms with E-state index in [9.17, 15) is 0 Å². The predicted octanol–water partition coefficient (Wildman–Crippen LogP) is 19.2. The molecule has 20 rings (SSSR count). The first-order valence-corrected chi connectivity index (χ1v) is 30.8. The Balaban J connectivity index is 0.854. The van der Waals surface area contributed by atoms with Gasteiger partial charge in [0.2, 0.25) is 0 Å². The van der Waals surface area contributed by atoms with Gasteiger partial charge in [0.15, 0.2) is 0 Å². The Bertz CT molecular complexity index is 6460. The first kappa shape index (κ1) is 49.5. The highest BCUT2D eigenvalue weighted by molar-refractivity contribution is 6.52. The third-order valence-electron chi connectivity index (χ3n) is 20.6. The Morgan fingerprint density at radius 3 is 1.08 bits per heavy atom. The number of aromatic nitrogens is 2. The van der Waals surface area contributed by atoms with Gasteiger partial charge in [-0.05, 0) is 262 Å². The predicted molar refractivity (Wildman–Crippen MR) is 375 cm³/mol. The van der Waals surface area contributed by atoms with Gasteiger partial charge in [-0.25, -0.2) is 9.13 Å². The lowest BCUT2D eigenvalue weighted by Gasteiger charge is -2.16. The molecular weight excluding hydrogens is 1100 g/mol. The van der Waals surface area contributed by atoms with E-state index >= 15 is 19.2 Å². The van der Waals surface area contributed by atoms with Gasteiger partial charge in [0.05, 0.1) is 32.9 Å². The fourth-order valence-corrected chi connectivity index (χ4v) is 16.7. The molecule has 18 aromatic carbocycles. The summed E-state index contributed by atoms with van der Waals surface area (Å²) in [6, 6.07) is 77.9. The topological polar surface area (TPSA) is 78.1 Å². The zero-order valence-electron chi connectivity index (χ0n) is 49.1. The first-order valence-electron chi connectivity index (χ1n) is 30.8. The monoisotopic (exact) mass is 1150 g/mol. The SMILES string of the molecule is Cc1cc(Cc2cc3c(-c4ccccc4)cc4c5c(=O)n(-c6ccc(C)c(C)c6)c(=O)c5c5cc(-c6ccccc6)c6ccc2c2c6c5c4c32)cc(-n2c(=O)c3c4cc(-c5ccccc5)c5ccc6ccc7c(-c8ccccc8)cc(c3c2=O)c2c7c6c5c42)c1. The van der Waals surface area contributed by atoms with Crippen LogP contribution in [0, 0.1) is 20.8 Å². The molecule has 0 saturated carbocycles. The molecule has 418 valence electrons. The van der Waals surface area contributed by atoms with E-state index in [1.54, 1.807) is 0 Å². The Morgan fingerprint density at radius 2 is 0.633 bits per heavy atom. The van der Waals surface area contributed by atoms with Crippen molar-refractivity contribution in [2.45, 2.75) is 27.2 Å². The molecule has 0 aliphatic rings. The molecule has 6 nitrogen and oxygen atoms in total. The molecule has 0 saturated heterocycles. The first-order chi connectivity index (χ1) is 44.1. The Morgan fingerprint density at radius 1 is 0.267 bits per heavy atom. The minimum Gasteiger partial charge on any atom is -0.268 e. The highest BCUT2D eigenvalue weighted by atomic mass is 16.2. The number of aryl methyl sites for hydroxylation is 3.